The Morgan fingerprint density at radius 1 is 1.00 bits per heavy atom. The van der Waals surface area contributed by atoms with Crippen molar-refractivity contribution < 1.29 is 23.8 Å². The van der Waals surface area contributed by atoms with Gasteiger partial charge in [0.1, 0.15) is 28.4 Å². The lowest BCUT2D eigenvalue weighted by atomic mass is 10.1. The first-order chi connectivity index (χ1) is 16.0. The average molecular weight is 464 g/mol. The summed E-state index contributed by atoms with van der Waals surface area (Å²) >= 11 is 1.44. The minimum Gasteiger partial charge on any atom is -0.508 e. The van der Waals surface area contributed by atoms with Crippen molar-refractivity contribution in [3.05, 3.63) is 88.3 Å². The van der Waals surface area contributed by atoms with Crippen molar-refractivity contribution in [1.82, 2.24) is 0 Å². The fourth-order valence-electron chi connectivity index (χ4n) is 3.34. The molecule has 0 aliphatic heterocycles. The van der Waals surface area contributed by atoms with Crippen molar-refractivity contribution in [3.8, 4) is 17.2 Å². The van der Waals surface area contributed by atoms with Gasteiger partial charge < -0.3 is 24.3 Å². The van der Waals surface area contributed by atoms with E-state index in [2.05, 4.69) is 5.32 Å². The van der Waals surface area contributed by atoms with E-state index >= 15 is 0 Å². The van der Waals surface area contributed by atoms with Gasteiger partial charge in [0.2, 0.25) is 0 Å². The minimum atomic E-state index is -0.451. The molecule has 33 heavy (non-hydrogen) atoms. The summed E-state index contributed by atoms with van der Waals surface area (Å²) in [7, 11) is 2.99. The van der Waals surface area contributed by atoms with Crippen LogP contribution in [-0.4, -0.2) is 25.2 Å². The highest BCUT2D eigenvalue weighted by Gasteiger charge is 2.18. The lowest BCUT2D eigenvalue weighted by molar-refractivity contribution is 0.102. The Morgan fingerprint density at radius 2 is 1.73 bits per heavy atom. The summed E-state index contributed by atoms with van der Waals surface area (Å²) in [6.07, 6.45) is 0. The number of carbonyl (C=O) groups excluding carboxylic acids is 1. The number of anilines is 1. The molecular weight excluding hydrogens is 442 g/mol. The molecule has 0 saturated carbocycles. The second kappa shape index (κ2) is 9.70. The number of benzene rings is 3. The van der Waals surface area contributed by atoms with Crippen LogP contribution in [0, 0.1) is 0 Å². The van der Waals surface area contributed by atoms with Gasteiger partial charge >= 0.3 is 5.63 Å². The normalized spacial score (nSPS) is 10.7. The molecular formula is C25H21NO6S. The third-order valence-corrected chi connectivity index (χ3v) is 5.98. The molecule has 2 N–H and O–H groups in total. The fraction of sp³-hybridized carbons (Fsp3) is 0.120. The summed E-state index contributed by atoms with van der Waals surface area (Å²) in [5.74, 6) is 0.890. The predicted molar refractivity (Wildman–Crippen MR) is 128 cm³/mol. The maximum absolute atomic E-state index is 12.9. The van der Waals surface area contributed by atoms with E-state index in [1.165, 1.54) is 32.0 Å². The van der Waals surface area contributed by atoms with Gasteiger partial charge in [0.25, 0.3) is 5.91 Å². The van der Waals surface area contributed by atoms with Crippen molar-refractivity contribution >= 4 is 34.3 Å². The molecule has 4 rings (SSSR count). The SMILES string of the molecule is COc1cccc(OC)c1C(=O)Nc1cccc(SCc2cc3ccc(O)cc3oc2=O)c1. The van der Waals surface area contributed by atoms with Crippen LogP contribution < -0.4 is 20.4 Å². The second-order valence-corrected chi connectivity index (χ2v) is 8.14. The Hall–Kier alpha value is -3.91. The monoisotopic (exact) mass is 463 g/mol. The number of methoxy groups -OCH3 is 2. The smallest absolute Gasteiger partial charge is 0.340 e. The number of phenols is 1. The number of fused-ring (bicyclic) bond motifs is 1. The van der Waals surface area contributed by atoms with E-state index in [0.717, 1.165) is 10.3 Å². The molecule has 0 radical (unpaired) electrons. The van der Waals surface area contributed by atoms with Crippen LogP contribution in [0.2, 0.25) is 0 Å². The molecule has 0 aliphatic rings. The van der Waals surface area contributed by atoms with Gasteiger partial charge in [-0.25, -0.2) is 4.79 Å². The van der Waals surface area contributed by atoms with E-state index < -0.39 is 5.63 Å². The van der Waals surface area contributed by atoms with Crippen LogP contribution >= 0.6 is 11.8 Å². The largest absolute Gasteiger partial charge is 0.508 e. The zero-order valence-electron chi connectivity index (χ0n) is 18.0. The molecule has 1 amide bonds. The molecule has 0 saturated heterocycles. The lowest BCUT2D eigenvalue weighted by Gasteiger charge is -2.13. The topological polar surface area (TPSA) is 98.0 Å². The molecule has 0 atom stereocenters. The quantitative estimate of drug-likeness (QED) is 0.292. The molecule has 7 nitrogen and oxygen atoms in total. The number of aromatic hydroxyl groups is 1. The fourth-order valence-corrected chi connectivity index (χ4v) is 4.25. The van der Waals surface area contributed by atoms with Crippen LogP contribution in [0.5, 0.6) is 17.2 Å². The summed E-state index contributed by atoms with van der Waals surface area (Å²) in [6.45, 7) is 0. The highest BCUT2D eigenvalue weighted by Crippen LogP contribution is 2.30. The van der Waals surface area contributed by atoms with E-state index in [9.17, 15) is 14.7 Å². The van der Waals surface area contributed by atoms with Gasteiger partial charge in [0, 0.05) is 33.4 Å². The molecule has 4 aromatic rings. The number of nitrogens with one attached hydrogen (secondary N) is 1. The Labute approximate surface area is 194 Å². The average Bonchev–Trinajstić information content (AvgIpc) is 2.82. The predicted octanol–water partition coefficient (Wildman–Crippen LogP) is 5.06. The standard InChI is InChI=1S/C25H21NO6S/c1-30-20-7-4-8-21(31-2)23(20)24(28)26-17-5-3-6-19(12-17)33-14-16-11-15-9-10-18(27)13-22(15)32-25(16)29/h3-13,27H,14H2,1-2H3,(H,26,28). The van der Waals surface area contributed by atoms with Gasteiger partial charge in [0.05, 0.1) is 14.2 Å². The number of hydrogen-bond acceptors (Lipinski definition) is 7. The summed E-state index contributed by atoms with van der Waals surface area (Å²) in [6, 6.07) is 18.9. The molecule has 8 heteroatoms. The van der Waals surface area contributed by atoms with Crippen LogP contribution in [0.4, 0.5) is 5.69 Å². The zero-order chi connectivity index (χ0) is 23.4. The summed E-state index contributed by atoms with van der Waals surface area (Å²) in [4.78, 5) is 26.1. The Morgan fingerprint density at radius 3 is 2.45 bits per heavy atom. The highest BCUT2D eigenvalue weighted by molar-refractivity contribution is 7.98. The first-order valence-corrected chi connectivity index (χ1v) is 11.0. The van der Waals surface area contributed by atoms with E-state index in [-0.39, 0.29) is 11.7 Å². The zero-order valence-corrected chi connectivity index (χ0v) is 18.8. The molecule has 3 aromatic carbocycles. The van der Waals surface area contributed by atoms with Crippen molar-refractivity contribution in [2.75, 3.05) is 19.5 Å². The summed E-state index contributed by atoms with van der Waals surface area (Å²) in [5, 5.41) is 13.2. The molecule has 0 unspecified atom stereocenters. The van der Waals surface area contributed by atoms with Crippen LogP contribution in [0.25, 0.3) is 11.0 Å². The van der Waals surface area contributed by atoms with Crippen LogP contribution in [0.3, 0.4) is 0 Å². The van der Waals surface area contributed by atoms with Crippen LogP contribution in [0.1, 0.15) is 15.9 Å². The molecule has 168 valence electrons. The van der Waals surface area contributed by atoms with Gasteiger partial charge in [-0.1, -0.05) is 12.1 Å². The number of phenolic OH excluding ortho intramolecular Hbond substituents is 1. The molecule has 0 spiro atoms. The van der Waals surface area contributed by atoms with Gasteiger partial charge in [-0.3, -0.25) is 4.79 Å². The van der Waals surface area contributed by atoms with Crippen molar-refractivity contribution in [2.45, 2.75) is 10.6 Å². The maximum atomic E-state index is 12.9. The van der Waals surface area contributed by atoms with Gasteiger partial charge in [-0.05, 0) is 48.5 Å². The molecule has 0 fully saturated rings. The second-order valence-electron chi connectivity index (χ2n) is 7.09. The number of rotatable bonds is 7. The number of hydrogen-bond donors (Lipinski definition) is 2. The maximum Gasteiger partial charge on any atom is 0.340 e. The van der Waals surface area contributed by atoms with E-state index in [4.69, 9.17) is 13.9 Å². The number of carbonyl (C=O) groups is 1. The third kappa shape index (κ3) is 4.96. The Kier molecular flexibility index (Phi) is 6.55. The number of ether oxygens (including phenoxy) is 2. The van der Waals surface area contributed by atoms with Gasteiger partial charge in [0.15, 0.2) is 0 Å². The van der Waals surface area contributed by atoms with Crippen molar-refractivity contribution in [3.63, 3.8) is 0 Å². The highest BCUT2D eigenvalue weighted by atomic mass is 32.2. The van der Waals surface area contributed by atoms with E-state index in [1.807, 2.05) is 18.2 Å². The summed E-state index contributed by atoms with van der Waals surface area (Å²) in [5.41, 5.74) is 1.30. The summed E-state index contributed by atoms with van der Waals surface area (Å²) < 4.78 is 15.9. The lowest BCUT2D eigenvalue weighted by Crippen LogP contribution is -2.14. The first-order valence-electron chi connectivity index (χ1n) is 9.99. The molecule has 0 bridgehead atoms. The number of amides is 1. The van der Waals surface area contributed by atoms with Crippen molar-refractivity contribution in [2.24, 2.45) is 0 Å². The molecule has 1 heterocycles. The van der Waals surface area contributed by atoms with Crippen LogP contribution in [-0.2, 0) is 5.75 Å². The number of thioether (sulfide) groups is 1. The van der Waals surface area contributed by atoms with E-state index in [0.29, 0.717) is 39.6 Å². The first kappa shape index (κ1) is 22.3. The van der Waals surface area contributed by atoms with E-state index in [1.54, 1.807) is 42.5 Å². The molecule has 0 aliphatic carbocycles. The minimum absolute atomic E-state index is 0.0392. The Balaban J connectivity index is 1.51. The Bertz CT molecular complexity index is 1360. The molecule has 1 aromatic heterocycles. The third-order valence-electron chi connectivity index (χ3n) is 4.93. The van der Waals surface area contributed by atoms with Gasteiger partial charge in [-0.15, -0.1) is 11.8 Å². The van der Waals surface area contributed by atoms with Crippen molar-refractivity contribution in [1.29, 1.82) is 0 Å². The van der Waals surface area contributed by atoms with Gasteiger partial charge in [-0.2, -0.15) is 0 Å². The van der Waals surface area contributed by atoms with Crippen LogP contribution in [0.15, 0.2) is 80.8 Å².